The number of carbonyl (C=O) groups excluding carboxylic acids is 2. The number of nitrogens with zero attached hydrogens (tertiary/aromatic N) is 2. The first-order chi connectivity index (χ1) is 15.4. The number of ketones is 1. The summed E-state index contributed by atoms with van der Waals surface area (Å²) < 4.78 is 5.25. The minimum atomic E-state index is -0.711. The van der Waals surface area contributed by atoms with Gasteiger partial charge in [0.1, 0.15) is 11.5 Å². The van der Waals surface area contributed by atoms with E-state index in [1.54, 1.807) is 43.8 Å². The summed E-state index contributed by atoms with van der Waals surface area (Å²) in [7, 11) is 1.57. The van der Waals surface area contributed by atoms with Gasteiger partial charge in [0.25, 0.3) is 11.7 Å². The SMILES string of the molecule is COc1ccc(C(O)=C2C(=O)C(=O)N(Cc3cccnc3)[C@H]2c2ccc(C)cc2)c(C)c1. The maximum atomic E-state index is 13.2. The zero-order chi connectivity index (χ0) is 22.8. The number of carbonyl (C=O) groups is 2. The van der Waals surface area contributed by atoms with E-state index in [-0.39, 0.29) is 17.9 Å². The number of amides is 1. The highest BCUT2D eigenvalue weighted by atomic mass is 16.5. The molecule has 6 heteroatoms. The van der Waals surface area contributed by atoms with Crippen molar-refractivity contribution in [3.05, 3.63) is 100 Å². The average Bonchev–Trinajstić information content (AvgIpc) is 3.04. The normalized spacial score (nSPS) is 17.6. The molecule has 4 rings (SSSR count). The summed E-state index contributed by atoms with van der Waals surface area (Å²) in [6.07, 6.45) is 3.32. The Balaban J connectivity index is 1.87. The number of ether oxygens (including phenoxy) is 1. The van der Waals surface area contributed by atoms with Crippen molar-refractivity contribution in [2.45, 2.75) is 26.4 Å². The van der Waals surface area contributed by atoms with E-state index in [1.807, 2.05) is 44.2 Å². The predicted octanol–water partition coefficient (Wildman–Crippen LogP) is 4.33. The van der Waals surface area contributed by atoms with Crippen LogP contribution < -0.4 is 4.74 Å². The lowest BCUT2D eigenvalue weighted by Crippen LogP contribution is -2.29. The molecule has 1 N–H and O–H groups in total. The molecule has 1 amide bonds. The zero-order valence-corrected chi connectivity index (χ0v) is 18.2. The number of hydrogen-bond acceptors (Lipinski definition) is 5. The van der Waals surface area contributed by atoms with Crippen LogP contribution in [0.4, 0.5) is 0 Å². The lowest BCUT2D eigenvalue weighted by atomic mass is 9.93. The first-order valence-corrected chi connectivity index (χ1v) is 10.3. The van der Waals surface area contributed by atoms with E-state index in [0.717, 1.165) is 22.3 Å². The third-order valence-corrected chi connectivity index (χ3v) is 5.70. The summed E-state index contributed by atoms with van der Waals surface area (Å²) >= 11 is 0. The Kier molecular flexibility index (Phi) is 5.77. The maximum Gasteiger partial charge on any atom is 0.295 e. The van der Waals surface area contributed by atoms with E-state index in [9.17, 15) is 14.7 Å². The molecule has 2 aromatic carbocycles. The van der Waals surface area contributed by atoms with Crippen molar-refractivity contribution < 1.29 is 19.4 Å². The van der Waals surface area contributed by atoms with Crippen LogP contribution in [0.1, 0.15) is 33.9 Å². The molecule has 0 bridgehead atoms. The van der Waals surface area contributed by atoms with E-state index in [1.165, 1.54) is 4.90 Å². The topological polar surface area (TPSA) is 79.7 Å². The Labute approximate surface area is 186 Å². The average molecular weight is 428 g/mol. The molecule has 1 aliphatic rings. The summed E-state index contributed by atoms with van der Waals surface area (Å²) in [5.74, 6) is -0.895. The molecule has 1 aromatic heterocycles. The molecule has 1 saturated heterocycles. The third kappa shape index (κ3) is 3.87. The van der Waals surface area contributed by atoms with Gasteiger partial charge in [-0.15, -0.1) is 0 Å². The molecule has 0 radical (unpaired) electrons. The van der Waals surface area contributed by atoms with Crippen molar-refractivity contribution in [2.75, 3.05) is 7.11 Å². The molecule has 1 aliphatic heterocycles. The largest absolute Gasteiger partial charge is 0.507 e. The Hall–Kier alpha value is -3.93. The highest BCUT2D eigenvalue weighted by Crippen LogP contribution is 2.41. The minimum absolute atomic E-state index is 0.0796. The molecule has 1 atom stereocenters. The predicted molar refractivity (Wildman–Crippen MR) is 121 cm³/mol. The first kappa shape index (κ1) is 21.3. The van der Waals surface area contributed by atoms with Crippen LogP contribution in [0.15, 0.2) is 72.6 Å². The fraction of sp³-hybridized carbons (Fsp3) is 0.192. The van der Waals surface area contributed by atoms with Gasteiger partial charge < -0.3 is 14.7 Å². The van der Waals surface area contributed by atoms with Crippen LogP contribution in [0, 0.1) is 13.8 Å². The number of aliphatic hydroxyl groups is 1. The molecule has 162 valence electrons. The molecular formula is C26H24N2O4. The smallest absolute Gasteiger partial charge is 0.295 e. The van der Waals surface area contributed by atoms with Crippen molar-refractivity contribution in [1.82, 2.24) is 9.88 Å². The molecule has 0 spiro atoms. The summed E-state index contributed by atoms with van der Waals surface area (Å²) in [6.45, 7) is 4.00. The maximum absolute atomic E-state index is 13.2. The van der Waals surface area contributed by atoms with E-state index in [0.29, 0.717) is 11.3 Å². The first-order valence-electron chi connectivity index (χ1n) is 10.3. The third-order valence-electron chi connectivity index (χ3n) is 5.70. The van der Waals surface area contributed by atoms with E-state index in [2.05, 4.69) is 4.98 Å². The van der Waals surface area contributed by atoms with E-state index < -0.39 is 17.7 Å². The van der Waals surface area contributed by atoms with Crippen LogP contribution in [0.5, 0.6) is 5.75 Å². The van der Waals surface area contributed by atoms with Crippen LogP contribution in [0.2, 0.25) is 0 Å². The summed E-state index contributed by atoms with van der Waals surface area (Å²) in [5, 5.41) is 11.2. The second kappa shape index (κ2) is 8.67. The zero-order valence-electron chi connectivity index (χ0n) is 18.2. The number of aliphatic hydroxyl groups excluding tert-OH is 1. The monoisotopic (exact) mass is 428 g/mol. The quantitative estimate of drug-likeness (QED) is 0.372. The van der Waals surface area contributed by atoms with Crippen molar-refractivity contribution in [3.8, 4) is 5.75 Å². The van der Waals surface area contributed by atoms with Gasteiger partial charge in [-0.2, -0.15) is 0 Å². The van der Waals surface area contributed by atoms with Gasteiger partial charge in [-0.3, -0.25) is 14.6 Å². The molecule has 6 nitrogen and oxygen atoms in total. The van der Waals surface area contributed by atoms with Gasteiger partial charge >= 0.3 is 0 Å². The molecule has 0 aliphatic carbocycles. The van der Waals surface area contributed by atoms with E-state index >= 15 is 0 Å². The van der Waals surface area contributed by atoms with Gasteiger partial charge in [0.15, 0.2) is 0 Å². The number of Topliss-reactive ketones (excluding diaryl/α,β-unsaturated/α-hetero) is 1. The Bertz CT molecular complexity index is 1200. The number of rotatable bonds is 5. The standard InChI is InChI=1S/C26H24N2O4/c1-16-6-8-19(9-7-16)23-22(24(29)21-11-10-20(32-3)13-17(21)2)25(30)26(31)28(23)15-18-5-4-12-27-14-18/h4-14,23,29H,15H2,1-3H3/t23-/m0/s1. The summed E-state index contributed by atoms with van der Waals surface area (Å²) in [6, 6.07) is 15.8. The molecule has 3 aromatic rings. The van der Waals surface area contributed by atoms with Gasteiger partial charge in [-0.05, 0) is 54.8 Å². The molecule has 32 heavy (non-hydrogen) atoms. The molecule has 0 unspecified atom stereocenters. The lowest BCUT2D eigenvalue weighted by molar-refractivity contribution is -0.140. The van der Waals surface area contributed by atoms with Crippen LogP contribution >= 0.6 is 0 Å². The number of aromatic nitrogens is 1. The molecule has 1 fully saturated rings. The number of aryl methyl sites for hydroxylation is 2. The van der Waals surface area contributed by atoms with Crippen molar-refractivity contribution in [1.29, 1.82) is 0 Å². The van der Waals surface area contributed by atoms with Gasteiger partial charge in [0.05, 0.1) is 18.7 Å². The van der Waals surface area contributed by atoms with Crippen molar-refractivity contribution in [2.24, 2.45) is 0 Å². The van der Waals surface area contributed by atoms with Crippen LogP contribution in [0.3, 0.4) is 0 Å². The number of methoxy groups -OCH3 is 1. The fourth-order valence-corrected chi connectivity index (χ4v) is 4.00. The minimum Gasteiger partial charge on any atom is -0.507 e. The van der Waals surface area contributed by atoms with Crippen LogP contribution in [0.25, 0.3) is 5.76 Å². The number of hydrogen-bond donors (Lipinski definition) is 1. The number of likely N-dealkylation sites (tertiary alicyclic amines) is 1. The second-order valence-electron chi connectivity index (χ2n) is 7.88. The lowest BCUT2D eigenvalue weighted by Gasteiger charge is -2.25. The summed E-state index contributed by atoms with van der Waals surface area (Å²) in [4.78, 5) is 31.8. The Morgan fingerprint density at radius 1 is 1.09 bits per heavy atom. The van der Waals surface area contributed by atoms with Gasteiger partial charge in [-0.25, -0.2) is 0 Å². The second-order valence-corrected chi connectivity index (χ2v) is 7.88. The Morgan fingerprint density at radius 3 is 2.47 bits per heavy atom. The fourth-order valence-electron chi connectivity index (χ4n) is 4.00. The highest BCUT2D eigenvalue weighted by molar-refractivity contribution is 6.46. The Morgan fingerprint density at radius 2 is 1.84 bits per heavy atom. The van der Waals surface area contributed by atoms with Gasteiger partial charge in [0, 0.05) is 24.5 Å². The molecule has 2 heterocycles. The van der Waals surface area contributed by atoms with Crippen LogP contribution in [-0.2, 0) is 16.1 Å². The van der Waals surface area contributed by atoms with Crippen molar-refractivity contribution >= 4 is 17.4 Å². The summed E-state index contributed by atoms with van der Waals surface area (Å²) in [5.41, 5.74) is 3.92. The van der Waals surface area contributed by atoms with Crippen LogP contribution in [-0.4, -0.2) is 33.8 Å². The number of pyridine rings is 1. The molecule has 0 saturated carbocycles. The molecular weight excluding hydrogens is 404 g/mol. The van der Waals surface area contributed by atoms with Gasteiger partial charge in [0.2, 0.25) is 0 Å². The highest BCUT2D eigenvalue weighted by Gasteiger charge is 2.46. The number of benzene rings is 2. The van der Waals surface area contributed by atoms with Crippen molar-refractivity contribution in [3.63, 3.8) is 0 Å². The van der Waals surface area contributed by atoms with Gasteiger partial charge in [-0.1, -0.05) is 35.9 Å². The van der Waals surface area contributed by atoms with E-state index in [4.69, 9.17) is 4.74 Å².